The summed E-state index contributed by atoms with van der Waals surface area (Å²) in [6, 6.07) is 15.3. The number of fused-ring (bicyclic) bond motifs is 1. The van der Waals surface area contributed by atoms with Crippen molar-refractivity contribution in [2.45, 2.75) is 26.7 Å². The molecular formula is C23H21N3O2S. The quantitative estimate of drug-likeness (QED) is 0.460. The Balaban J connectivity index is 1.49. The molecule has 29 heavy (non-hydrogen) atoms. The van der Waals surface area contributed by atoms with Crippen LogP contribution in [-0.4, -0.2) is 21.1 Å². The number of imidazole rings is 1. The lowest BCUT2D eigenvalue weighted by Crippen LogP contribution is -2.15. The van der Waals surface area contributed by atoms with Crippen LogP contribution in [0.4, 0.5) is 5.69 Å². The Morgan fingerprint density at radius 2 is 1.79 bits per heavy atom. The van der Waals surface area contributed by atoms with E-state index >= 15 is 0 Å². The number of aryl methyl sites for hydroxylation is 1. The molecule has 0 spiro atoms. The smallest absolute Gasteiger partial charge is 0.230 e. The Labute approximate surface area is 173 Å². The third-order valence-electron chi connectivity index (χ3n) is 4.86. The summed E-state index contributed by atoms with van der Waals surface area (Å²) in [4.78, 5) is 29.4. The monoisotopic (exact) mass is 403 g/mol. The summed E-state index contributed by atoms with van der Waals surface area (Å²) in [5.41, 5.74) is 5.46. The largest absolute Gasteiger partial charge is 0.326 e. The van der Waals surface area contributed by atoms with Gasteiger partial charge in [-0.2, -0.15) is 0 Å². The maximum atomic E-state index is 12.5. The van der Waals surface area contributed by atoms with Crippen LogP contribution in [0.5, 0.6) is 0 Å². The Kier molecular flexibility index (Phi) is 5.27. The van der Waals surface area contributed by atoms with Crippen molar-refractivity contribution in [3.05, 3.63) is 76.9 Å². The van der Waals surface area contributed by atoms with Crippen molar-refractivity contribution in [1.82, 2.24) is 9.38 Å². The fourth-order valence-electron chi connectivity index (χ4n) is 3.16. The highest BCUT2D eigenvalue weighted by Gasteiger charge is 2.13. The number of amides is 1. The summed E-state index contributed by atoms with van der Waals surface area (Å²) in [7, 11) is 0. The molecule has 0 aliphatic rings. The molecule has 0 radical (unpaired) electrons. The van der Waals surface area contributed by atoms with E-state index in [0.717, 1.165) is 28.3 Å². The number of anilines is 1. The van der Waals surface area contributed by atoms with Crippen LogP contribution in [0.2, 0.25) is 0 Å². The Morgan fingerprint density at radius 3 is 2.45 bits per heavy atom. The van der Waals surface area contributed by atoms with Crippen molar-refractivity contribution in [1.29, 1.82) is 0 Å². The molecule has 4 rings (SSSR count). The fraction of sp³-hybridized carbons (Fsp3) is 0.174. The average molecular weight is 404 g/mol. The molecule has 2 aromatic heterocycles. The van der Waals surface area contributed by atoms with Crippen LogP contribution in [0, 0.1) is 0 Å². The minimum absolute atomic E-state index is 0.00351. The number of nitrogens with one attached hydrogen (secondary N) is 1. The number of carbonyl (C=O) groups excluding carboxylic acids is 2. The normalized spacial score (nSPS) is 11.0. The molecule has 5 nitrogen and oxygen atoms in total. The van der Waals surface area contributed by atoms with Gasteiger partial charge in [0.25, 0.3) is 0 Å². The van der Waals surface area contributed by atoms with Gasteiger partial charge in [0.15, 0.2) is 10.7 Å². The maximum absolute atomic E-state index is 12.5. The van der Waals surface area contributed by atoms with E-state index in [1.165, 1.54) is 23.8 Å². The van der Waals surface area contributed by atoms with E-state index in [1.807, 2.05) is 16.0 Å². The first-order chi connectivity index (χ1) is 14.0. The van der Waals surface area contributed by atoms with Gasteiger partial charge in [0.2, 0.25) is 5.91 Å². The lowest BCUT2D eigenvalue weighted by molar-refractivity contribution is -0.115. The van der Waals surface area contributed by atoms with Gasteiger partial charge in [-0.15, -0.1) is 11.3 Å². The summed E-state index contributed by atoms with van der Waals surface area (Å²) < 4.78 is 1.98. The lowest BCUT2D eigenvalue weighted by Gasteiger charge is -2.05. The second-order valence-electron chi connectivity index (χ2n) is 6.91. The molecular weight excluding hydrogens is 382 g/mol. The minimum Gasteiger partial charge on any atom is -0.326 e. The number of ketones is 1. The molecule has 146 valence electrons. The standard InChI is InChI=1S/C23H21N3O2S/c1-3-16-4-6-18(7-5-16)21-13-26-20(14-29-23(26)25-21)12-22(28)24-19-10-8-17(9-11-19)15(2)27/h4-11,13-14H,3,12H2,1-2H3,(H,24,28). The first kappa shape index (κ1) is 19.1. The third kappa shape index (κ3) is 4.12. The van der Waals surface area contributed by atoms with Gasteiger partial charge in [0.05, 0.1) is 12.1 Å². The predicted molar refractivity (Wildman–Crippen MR) is 117 cm³/mol. The second kappa shape index (κ2) is 8.01. The van der Waals surface area contributed by atoms with Gasteiger partial charge >= 0.3 is 0 Å². The number of benzene rings is 2. The van der Waals surface area contributed by atoms with Gasteiger partial charge in [-0.25, -0.2) is 4.98 Å². The number of hydrogen-bond donors (Lipinski definition) is 1. The molecule has 2 aromatic carbocycles. The van der Waals surface area contributed by atoms with Gasteiger partial charge in [0, 0.05) is 34.1 Å². The molecule has 0 aliphatic heterocycles. The van der Waals surface area contributed by atoms with E-state index in [4.69, 9.17) is 4.98 Å². The zero-order valence-corrected chi connectivity index (χ0v) is 17.1. The van der Waals surface area contributed by atoms with Crippen molar-refractivity contribution < 1.29 is 9.59 Å². The Bertz CT molecular complexity index is 1170. The van der Waals surface area contributed by atoms with Crippen LogP contribution >= 0.6 is 11.3 Å². The summed E-state index contributed by atoms with van der Waals surface area (Å²) in [5.74, 6) is -0.105. The summed E-state index contributed by atoms with van der Waals surface area (Å²) in [5, 5.41) is 4.85. The third-order valence-corrected chi connectivity index (χ3v) is 5.75. The van der Waals surface area contributed by atoms with E-state index in [9.17, 15) is 9.59 Å². The first-order valence-corrected chi connectivity index (χ1v) is 10.4. The second-order valence-corrected chi connectivity index (χ2v) is 7.75. The van der Waals surface area contributed by atoms with Crippen molar-refractivity contribution in [2.24, 2.45) is 0 Å². The van der Waals surface area contributed by atoms with E-state index in [-0.39, 0.29) is 18.1 Å². The predicted octanol–water partition coefficient (Wildman–Crippen LogP) is 5.01. The molecule has 4 aromatic rings. The minimum atomic E-state index is -0.108. The van der Waals surface area contributed by atoms with Gasteiger partial charge in [-0.3, -0.25) is 14.0 Å². The molecule has 0 saturated carbocycles. The van der Waals surface area contributed by atoms with Crippen LogP contribution in [-0.2, 0) is 17.6 Å². The van der Waals surface area contributed by atoms with Crippen LogP contribution in [0.25, 0.3) is 16.2 Å². The molecule has 0 aliphatic carbocycles. The lowest BCUT2D eigenvalue weighted by atomic mass is 10.1. The molecule has 0 saturated heterocycles. The molecule has 0 fully saturated rings. The van der Waals surface area contributed by atoms with Crippen molar-refractivity contribution >= 4 is 33.7 Å². The fourth-order valence-corrected chi connectivity index (χ4v) is 4.04. The molecule has 1 N–H and O–H groups in total. The number of rotatable bonds is 6. The highest BCUT2D eigenvalue weighted by atomic mass is 32.1. The van der Waals surface area contributed by atoms with Gasteiger partial charge in [0.1, 0.15) is 0 Å². The van der Waals surface area contributed by atoms with Crippen LogP contribution in [0.1, 0.15) is 35.5 Å². The Morgan fingerprint density at radius 1 is 1.07 bits per heavy atom. The summed E-state index contributed by atoms with van der Waals surface area (Å²) in [6.07, 6.45) is 3.24. The van der Waals surface area contributed by atoms with Gasteiger partial charge in [-0.1, -0.05) is 31.2 Å². The van der Waals surface area contributed by atoms with Crippen molar-refractivity contribution in [2.75, 3.05) is 5.32 Å². The van der Waals surface area contributed by atoms with Gasteiger partial charge in [-0.05, 0) is 43.2 Å². The SMILES string of the molecule is CCc1ccc(-c2cn3c(CC(=O)Nc4ccc(C(C)=O)cc4)csc3n2)cc1. The molecule has 6 heteroatoms. The summed E-state index contributed by atoms with van der Waals surface area (Å²) in [6.45, 7) is 3.66. The highest BCUT2D eigenvalue weighted by Crippen LogP contribution is 2.24. The Hall–Kier alpha value is -3.25. The molecule has 1 amide bonds. The number of nitrogens with zero attached hydrogens (tertiary/aromatic N) is 2. The summed E-state index contributed by atoms with van der Waals surface area (Å²) >= 11 is 1.52. The topological polar surface area (TPSA) is 63.5 Å². The number of hydrogen-bond acceptors (Lipinski definition) is 4. The number of aromatic nitrogens is 2. The van der Waals surface area contributed by atoms with Gasteiger partial charge < -0.3 is 5.32 Å². The first-order valence-electron chi connectivity index (χ1n) is 9.49. The zero-order valence-electron chi connectivity index (χ0n) is 16.3. The molecule has 0 unspecified atom stereocenters. The average Bonchev–Trinajstić information content (AvgIpc) is 3.30. The van der Waals surface area contributed by atoms with Crippen molar-refractivity contribution in [3.63, 3.8) is 0 Å². The number of thiazole rings is 1. The molecule has 0 bridgehead atoms. The van der Waals surface area contributed by atoms with Crippen LogP contribution in [0.3, 0.4) is 0 Å². The maximum Gasteiger partial charge on any atom is 0.230 e. The van der Waals surface area contributed by atoms with Crippen molar-refractivity contribution in [3.8, 4) is 11.3 Å². The molecule has 0 atom stereocenters. The van der Waals surface area contributed by atoms with Crippen LogP contribution in [0.15, 0.2) is 60.1 Å². The highest BCUT2D eigenvalue weighted by molar-refractivity contribution is 7.15. The van der Waals surface area contributed by atoms with E-state index in [0.29, 0.717) is 11.3 Å². The number of Topliss-reactive ketones (excluding diaryl/α,β-unsaturated/α-hetero) is 1. The zero-order chi connectivity index (χ0) is 20.4. The van der Waals surface area contributed by atoms with Crippen LogP contribution < -0.4 is 5.32 Å². The molecule has 2 heterocycles. The number of carbonyl (C=O) groups is 2. The van der Waals surface area contributed by atoms with E-state index < -0.39 is 0 Å². The van der Waals surface area contributed by atoms with E-state index in [1.54, 1.807) is 24.3 Å². The van der Waals surface area contributed by atoms with E-state index in [2.05, 4.69) is 36.5 Å².